The minimum absolute atomic E-state index is 0.236. The molecule has 1 saturated heterocycles. The smallest absolute Gasteiger partial charge is 0.162 e. The maximum absolute atomic E-state index is 12.5. The highest BCUT2D eigenvalue weighted by atomic mass is 16.5. The number of piperidine rings is 1. The van der Waals surface area contributed by atoms with Gasteiger partial charge in [-0.15, -0.1) is 0 Å². The van der Waals surface area contributed by atoms with Gasteiger partial charge in [0, 0.05) is 29.9 Å². The number of rotatable bonds is 3. The quantitative estimate of drug-likeness (QED) is 0.854. The van der Waals surface area contributed by atoms with E-state index < -0.39 is 0 Å². The Labute approximate surface area is 165 Å². The third-order valence-corrected chi connectivity index (χ3v) is 7.17. The summed E-state index contributed by atoms with van der Waals surface area (Å²) in [6.07, 6.45) is 3.97. The molecule has 0 amide bonds. The number of fused-ring (bicyclic) bond motifs is 1. The molecule has 2 aliphatic carbocycles. The van der Waals surface area contributed by atoms with Crippen molar-refractivity contribution in [1.29, 1.82) is 0 Å². The van der Waals surface area contributed by atoms with Gasteiger partial charge in [-0.2, -0.15) is 0 Å². The molecule has 2 aromatic rings. The summed E-state index contributed by atoms with van der Waals surface area (Å²) in [5.41, 5.74) is 4.21. The Kier molecular flexibility index (Phi) is 4.20. The average molecular weight is 377 g/mol. The van der Waals surface area contributed by atoms with Crippen LogP contribution >= 0.6 is 0 Å². The van der Waals surface area contributed by atoms with Crippen LogP contribution in [0.4, 0.5) is 0 Å². The van der Waals surface area contributed by atoms with Gasteiger partial charge in [-0.1, -0.05) is 30.3 Å². The molecule has 2 fully saturated rings. The van der Waals surface area contributed by atoms with Crippen molar-refractivity contribution < 1.29 is 14.6 Å². The van der Waals surface area contributed by atoms with Gasteiger partial charge < -0.3 is 15.2 Å². The van der Waals surface area contributed by atoms with Gasteiger partial charge in [0.25, 0.3) is 0 Å². The second-order valence-electron chi connectivity index (χ2n) is 8.70. The van der Waals surface area contributed by atoms with Crippen LogP contribution in [0.1, 0.15) is 47.9 Å². The van der Waals surface area contributed by atoms with Crippen molar-refractivity contribution in [3.8, 4) is 11.5 Å². The molecule has 28 heavy (non-hydrogen) atoms. The number of phenolic OH excluding ortho intramolecular Hbond substituents is 1. The highest BCUT2D eigenvalue weighted by Gasteiger charge is 2.55. The van der Waals surface area contributed by atoms with E-state index >= 15 is 0 Å². The van der Waals surface area contributed by atoms with Crippen LogP contribution in [0.25, 0.3) is 0 Å². The average Bonchev–Trinajstić information content (AvgIpc) is 2.69. The zero-order valence-corrected chi connectivity index (χ0v) is 16.3. The number of benzene rings is 2. The maximum atomic E-state index is 12.5. The predicted octanol–water partition coefficient (Wildman–Crippen LogP) is 3.80. The van der Waals surface area contributed by atoms with E-state index in [1.54, 1.807) is 0 Å². The molecule has 3 aliphatic rings. The fourth-order valence-electron chi connectivity index (χ4n) is 5.94. The zero-order valence-electron chi connectivity index (χ0n) is 16.3. The summed E-state index contributed by atoms with van der Waals surface area (Å²) in [6.45, 7) is 3.43. The SMILES string of the molecule is Cc1cc(OCc2ccccc2)c(O)c2c1C[C@H]1NCC[C@@]23CC(=O)CC[C@@H]13. The Morgan fingerprint density at radius 2 is 2.11 bits per heavy atom. The molecule has 1 heterocycles. The highest BCUT2D eigenvalue weighted by molar-refractivity contribution is 5.82. The van der Waals surface area contributed by atoms with Crippen molar-refractivity contribution >= 4 is 5.78 Å². The van der Waals surface area contributed by atoms with E-state index in [1.807, 2.05) is 36.4 Å². The summed E-state index contributed by atoms with van der Waals surface area (Å²) in [5, 5.41) is 15.0. The van der Waals surface area contributed by atoms with Crippen molar-refractivity contribution in [2.24, 2.45) is 5.92 Å². The van der Waals surface area contributed by atoms with Crippen molar-refractivity contribution in [2.45, 2.75) is 57.1 Å². The number of aryl methyl sites for hydroxylation is 1. The number of ketones is 1. The molecule has 4 heteroatoms. The first-order chi connectivity index (χ1) is 13.6. The number of carbonyl (C=O) groups excluding carboxylic acids is 1. The van der Waals surface area contributed by atoms with Crippen LogP contribution in [0.15, 0.2) is 36.4 Å². The molecule has 5 rings (SSSR count). The molecule has 146 valence electrons. The van der Waals surface area contributed by atoms with Gasteiger partial charge in [-0.25, -0.2) is 0 Å². The number of hydrogen-bond acceptors (Lipinski definition) is 4. The van der Waals surface area contributed by atoms with Crippen LogP contribution < -0.4 is 10.1 Å². The van der Waals surface area contributed by atoms with E-state index in [9.17, 15) is 9.90 Å². The lowest BCUT2D eigenvalue weighted by atomic mass is 9.52. The summed E-state index contributed by atoms with van der Waals surface area (Å²) in [6, 6.07) is 12.4. The lowest BCUT2D eigenvalue weighted by Gasteiger charge is -2.55. The first kappa shape index (κ1) is 17.7. The molecule has 2 aromatic carbocycles. The molecule has 1 saturated carbocycles. The van der Waals surface area contributed by atoms with Crippen LogP contribution in [-0.4, -0.2) is 23.5 Å². The second-order valence-corrected chi connectivity index (χ2v) is 8.70. The van der Waals surface area contributed by atoms with E-state index in [-0.39, 0.29) is 11.2 Å². The summed E-state index contributed by atoms with van der Waals surface area (Å²) in [4.78, 5) is 12.5. The van der Waals surface area contributed by atoms with Crippen molar-refractivity contribution in [3.05, 3.63) is 58.7 Å². The van der Waals surface area contributed by atoms with Crippen molar-refractivity contribution in [1.82, 2.24) is 5.32 Å². The lowest BCUT2D eigenvalue weighted by Crippen LogP contribution is -2.60. The van der Waals surface area contributed by atoms with Gasteiger partial charge in [0.1, 0.15) is 12.4 Å². The van der Waals surface area contributed by atoms with Gasteiger partial charge >= 0.3 is 0 Å². The Hall–Kier alpha value is -2.33. The molecule has 4 nitrogen and oxygen atoms in total. The van der Waals surface area contributed by atoms with Crippen LogP contribution in [0, 0.1) is 12.8 Å². The van der Waals surface area contributed by atoms with Crippen LogP contribution in [0.2, 0.25) is 0 Å². The van der Waals surface area contributed by atoms with Crippen LogP contribution in [0.5, 0.6) is 11.5 Å². The zero-order chi connectivity index (χ0) is 19.3. The molecule has 3 atom stereocenters. The predicted molar refractivity (Wildman–Crippen MR) is 108 cm³/mol. The second kappa shape index (κ2) is 6.63. The number of ether oxygens (including phenoxy) is 1. The number of hydrogen-bond donors (Lipinski definition) is 2. The molecule has 2 N–H and O–H groups in total. The molecular formula is C24H27NO3. The Morgan fingerprint density at radius 3 is 2.93 bits per heavy atom. The summed E-state index contributed by atoms with van der Waals surface area (Å²) < 4.78 is 6.06. The number of nitrogens with one attached hydrogen (secondary N) is 1. The third-order valence-electron chi connectivity index (χ3n) is 7.17. The van der Waals surface area contributed by atoms with Gasteiger partial charge in [0.15, 0.2) is 11.5 Å². The van der Waals surface area contributed by atoms with E-state index in [1.165, 1.54) is 5.56 Å². The largest absolute Gasteiger partial charge is 0.504 e. The minimum atomic E-state index is -0.236. The molecule has 1 aliphatic heterocycles. The topological polar surface area (TPSA) is 58.6 Å². The summed E-state index contributed by atoms with van der Waals surface area (Å²) in [5.74, 6) is 1.55. The molecule has 2 bridgehead atoms. The van der Waals surface area contributed by atoms with Crippen LogP contribution in [0.3, 0.4) is 0 Å². The van der Waals surface area contributed by atoms with E-state index in [4.69, 9.17) is 4.74 Å². The van der Waals surface area contributed by atoms with Gasteiger partial charge in [-0.05, 0) is 61.4 Å². The lowest BCUT2D eigenvalue weighted by molar-refractivity contribution is -0.125. The van der Waals surface area contributed by atoms with Crippen molar-refractivity contribution in [3.63, 3.8) is 0 Å². The normalized spacial score (nSPS) is 28.4. The summed E-state index contributed by atoms with van der Waals surface area (Å²) >= 11 is 0. The summed E-state index contributed by atoms with van der Waals surface area (Å²) in [7, 11) is 0. The molecule has 0 aromatic heterocycles. The molecule has 0 radical (unpaired) electrons. The Morgan fingerprint density at radius 1 is 1.29 bits per heavy atom. The Bertz CT molecular complexity index is 923. The molecule has 0 unspecified atom stereocenters. The Balaban J connectivity index is 1.59. The first-order valence-corrected chi connectivity index (χ1v) is 10.4. The molecular weight excluding hydrogens is 350 g/mol. The first-order valence-electron chi connectivity index (χ1n) is 10.4. The fourth-order valence-corrected chi connectivity index (χ4v) is 5.94. The van der Waals surface area contributed by atoms with Gasteiger partial charge in [0.2, 0.25) is 0 Å². The minimum Gasteiger partial charge on any atom is -0.504 e. The van der Waals surface area contributed by atoms with Crippen LogP contribution in [-0.2, 0) is 23.2 Å². The van der Waals surface area contributed by atoms with E-state index in [0.29, 0.717) is 42.9 Å². The standard InChI is InChI=1S/C24H27NO3/c1-15-11-21(28-14-16-5-3-2-4-6-16)23(27)22-18(15)12-20-19-8-7-17(26)13-24(19,22)9-10-25-20/h2-6,11,19-20,25,27H,7-10,12-14H2,1H3/t19-,20+,24-/m0/s1. The number of phenols is 1. The number of aromatic hydroxyl groups is 1. The monoisotopic (exact) mass is 377 g/mol. The number of Topliss-reactive ketones (excluding diaryl/α,β-unsaturated/α-hetero) is 1. The van der Waals surface area contributed by atoms with E-state index in [2.05, 4.69) is 12.2 Å². The fraction of sp³-hybridized carbons (Fsp3) is 0.458. The molecule has 0 spiro atoms. The number of carbonyl (C=O) groups is 1. The maximum Gasteiger partial charge on any atom is 0.162 e. The highest BCUT2D eigenvalue weighted by Crippen LogP contribution is 2.57. The van der Waals surface area contributed by atoms with Gasteiger partial charge in [-0.3, -0.25) is 4.79 Å². The van der Waals surface area contributed by atoms with Gasteiger partial charge in [0.05, 0.1) is 0 Å². The third kappa shape index (κ3) is 2.66. The van der Waals surface area contributed by atoms with E-state index in [0.717, 1.165) is 42.5 Å². The van der Waals surface area contributed by atoms with Crippen molar-refractivity contribution in [2.75, 3.05) is 6.54 Å².